The quantitative estimate of drug-likeness (QED) is 0.264. The molecule has 3 rings (SSSR count). The van der Waals surface area contributed by atoms with Gasteiger partial charge >= 0.3 is 17.6 Å². The molecule has 0 saturated heterocycles. The van der Waals surface area contributed by atoms with E-state index >= 15 is 0 Å². The molecule has 0 atom stereocenters. The highest BCUT2D eigenvalue weighted by Crippen LogP contribution is 2.38. The summed E-state index contributed by atoms with van der Waals surface area (Å²) in [5, 5.41) is 0. The molecule has 0 aliphatic carbocycles. The first kappa shape index (κ1) is 27.6. The molecule has 3 aromatic carbocycles. The molecule has 6 nitrogen and oxygen atoms in total. The smallest absolute Gasteiger partial charge is 0.444 e. The first-order chi connectivity index (χ1) is 17.4. The average Bonchev–Trinajstić information content (AvgIpc) is 2.82. The molecule has 0 aliphatic rings. The first-order valence-electron chi connectivity index (χ1n) is 10.2. The van der Waals surface area contributed by atoms with Crippen molar-refractivity contribution in [3.8, 4) is 0 Å². The van der Waals surface area contributed by atoms with Gasteiger partial charge in [0.25, 0.3) is 5.91 Å². The Kier molecular flexibility index (Phi) is 8.48. The summed E-state index contributed by atoms with van der Waals surface area (Å²) in [7, 11) is 0.903. The summed E-state index contributed by atoms with van der Waals surface area (Å²) >= 11 is -0.601. The Morgan fingerprint density at radius 1 is 0.865 bits per heavy atom. The molecule has 0 unspecified atom stereocenters. The zero-order chi connectivity index (χ0) is 27.3. The molecule has 0 saturated carbocycles. The summed E-state index contributed by atoms with van der Waals surface area (Å²) in [6.45, 7) is -0.433. The number of anilines is 1. The number of ether oxygens (including phenoxy) is 1. The molecule has 194 valence electrons. The minimum absolute atomic E-state index is 0.234. The molecule has 0 radical (unpaired) electrons. The normalized spacial score (nSPS) is 11.1. The van der Waals surface area contributed by atoms with Crippen molar-refractivity contribution >= 4 is 35.5 Å². The number of rotatable bonds is 5. The number of amides is 4. The highest BCUT2D eigenvalue weighted by Gasteiger charge is 2.37. The van der Waals surface area contributed by atoms with E-state index in [4.69, 9.17) is 4.74 Å². The molecular formula is C24H16F6N2O4S. The van der Waals surface area contributed by atoms with E-state index in [0.29, 0.717) is 28.7 Å². The Hall–Kier alpha value is -4.00. The van der Waals surface area contributed by atoms with Gasteiger partial charge in [0, 0.05) is 11.9 Å². The molecule has 0 fully saturated rings. The molecule has 13 heteroatoms. The van der Waals surface area contributed by atoms with Crippen LogP contribution in [0.3, 0.4) is 0 Å². The van der Waals surface area contributed by atoms with Crippen LogP contribution in [-0.2, 0) is 11.3 Å². The molecule has 0 aliphatic heterocycles. The van der Waals surface area contributed by atoms with Gasteiger partial charge in [-0.3, -0.25) is 9.69 Å². The van der Waals surface area contributed by atoms with Crippen LogP contribution in [0.2, 0.25) is 0 Å². The Bertz CT molecular complexity index is 1300. The number of urea groups is 1. The van der Waals surface area contributed by atoms with Crippen molar-refractivity contribution in [2.45, 2.75) is 17.0 Å². The number of benzene rings is 3. The number of carbonyl (C=O) groups excluding carboxylic acids is 3. The van der Waals surface area contributed by atoms with Gasteiger partial charge in [-0.15, -0.1) is 0 Å². The van der Waals surface area contributed by atoms with Crippen LogP contribution in [0, 0.1) is 17.5 Å². The predicted molar refractivity (Wildman–Crippen MR) is 121 cm³/mol. The highest BCUT2D eigenvalue weighted by molar-refractivity contribution is 8.00. The Balaban J connectivity index is 1.95. The predicted octanol–water partition coefficient (Wildman–Crippen LogP) is 6.75. The lowest BCUT2D eigenvalue weighted by atomic mass is 10.1. The third kappa shape index (κ3) is 6.82. The van der Waals surface area contributed by atoms with Crippen molar-refractivity contribution in [1.82, 2.24) is 4.90 Å². The van der Waals surface area contributed by atoms with Crippen LogP contribution in [0.15, 0.2) is 71.6 Å². The van der Waals surface area contributed by atoms with Gasteiger partial charge < -0.3 is 4.74 Å². The summed E-state index contributed by atoms with van der Waals surface area (Å²) in [5.74, 6) is -5.82. The zero-order valence-electron chi connectivity index (χ0n) is 18.8. The van der Waals surface area contributed by atoms with Gasteiger partial charge in [-0.1, -0.05) is 36.4 Å². The van der Waals surface area contributed by atoms with Gasteiger partial charge in [0.15, 0.2) is 0 Å². The number of imide groups is 3. The fraction of sp³-hybridized carbons (Fsp3) is 0.125. The largest absolute Gasteiger partial charge is 0.446 e. The van der Waals surface area contributed by atoms with Crippen LogP contribution in [0.25, 0.3) is 0 Å². The molecule has 37 heavy (non-hydrogen) atoms. The second-order valence-electron chi connectivity index (χ2n) is 7.28. The zero-order valence-corrected chi connectivity index (χ0v) is 19.6. The summed E-state index contributed by atoms with van der Waals surface area (Å²) in [6, 6.07) is 11.0. The van der Waals surface area contributed by atoms with Crippen molar-refractivity contribution in [1.29, 1.82) is 0 Å². The number of hydrogen-bond acceptors (Lipinski definition) is 5. The van der Waals surface area contributed by atoms with Crippen LogP contribution >= 0.6 is 11.8 Å². The van der Waals surface area contributed by atoms with E-state index in [9.17, 15) is 40.7 Å². The fourth-order valence-corrected chi connectivity index (χ4v) is 3.62. The van der Waals surface area contributed by atoms with Crippen molar-refractivity contribution in [2.75, 3.05) is 11.9 Å². The van der Waals surface area contributed by atoms with E-state index in [2.05, 4.69) is 0 Å². The first-order valence-corrected chi connectivity index (χ1v) is 11.0. The molecule has 0 heterocycles. The fourth-order valence-electron chi connectivity index (χ4n) is 3.06. The van der Waals surface area contributed by atoms with E-state index < -0.39 is 75.5 Å². The third-order valence-electron chi connectivity index (χ3n) is 4.76. The Morgan fingerprint density at radius 2 is 1.49 bits per heavy atom. The van der Waals surface area contributed by atoms with Gasteiger partial charge in [-0.25, -0.2) is 22.8 Å². The molecule has 4 amide bonds. The minimum Gasteiger partial charge on any atom is -0.444 e. The number of hydrogen-bond donors (Lipinski definition) is 0. The Labute approximate surface area is 210 Å². The van der Waals surface area contributed by atoms with Crippen LogP contribution in [-0.4, -0.2) is 35.5 Å². The standard InChI is InChI=1S/C24H16F6N2O4S/c1-31(19-11-10-15(12-18(19)27)37-24(28,29)30)22(34)32(21(33)20-16(25)8-5-9-17(20)26)23(35)36-13-14-6-3-2-4-7-14/h2-12H,13H2,1H3. The van der Waals surface area contributed by atoms with Crippen LogP contribution in [0.1, 0.15) is 15.9 Å². The minimum atomic E-state index is -4.70. The van der Waals surface area contributed by atoms with Gasteiger partial charge in [0.1, 0.15) is 29.6 Å². The lowest BCUT2D eigenvalue weighted by molar-refractivity contribution is -0.0328. The maximum atomic E-state index is 14.6. The van der Waals surface area contributed by atoms with Gasteiger partial charge in [0.05, 0.1) is 5.69 Å². The van der Waals surface area contributed by atoms with Crippen molar-refractivity contribution in [3.63, 3.8) is 0 Å². The SMILES string of the molecule is CN(C(=O)N(C(=O)OCc1ccccc1)C(=O)c1c(F)cccc1F)c1ccc(SC(F)(F)F)cc1F. The number of alkyl halides is 3. The lowest BCUT2D eigenvalue weighted by Crippen LogP contribution is -2.49. The molecule has 3 aromatic rings. The number of halogens is 6. The maximum absolute atomic E-state index is 14.6. The summed E-state index contributed by atoms with van der Waals surface area (Å²) in [6.07, 6.45) is -1.63. The number of nitrogens with zero attached hydrogens (tertiary/aromatic N) is 2. The van der Waals surface area contributed by atoms with Gasteiger partial charge in [-0.2, -0.15) is 18.1 Å². The van der Waals surface area contributed by atoms with Crippen molar-refractivity contribution in [2.24, 2.45) is 0 Å². The van der Waals surface area contributed by atoms with Crippen LogP contribution in [0.4, 0.5) is 41.6 Å². The number of thioether (sulfide) groups is 1. The van der Waals surface area contributed by atoms with Gasteiger partial charge in [-0.05, 0) is 47.7 Å². The van der Waals surface area contributed by atoms with Crippen LogP contribution < -0.4 is 4.90 Å². The molecule has 0 spiro atoms. The second-order valence-corrected chi connectivity index (χ2v) is 8.42. The summed E-state index contributed by atoms with van der Waals surface area (Å²) in [5.41, 5.74) is -6.13. The third-order valence-corrected chi connectivity index (χ3v) is 5.48. The van der Waals surface area contributed by atoms with Crippen LogP contribution in [0.5, 0.6) is 0 Å². The van der Waals surface area contributed by atoms with Gasteiger partial charge in [0.2, 0.25) is 0 Å². The lowest BCUT2D eigenvalue weighted by Gasteiger charge is -2.25. The monoisotopic (exact) mass is 542 g/mol. The Morgan fingerprint density at radius 3 is 2.05 bits per heavy atom. The molecule has 0 N–H and O–H groups in total. The maximum Gasteiger partial charge on any atom is 0.446 e. The molecule has 0 bridgehead atoms. The topological polar surface area (TPSA) is 66.9 Å². The van der Waals surface area contributed by atoms with E-state index in [-0.39, 0.29) is 4.90 Å². The van der Waals surface area contributed by atoms with Crippen molar-refractivity contribution in [3.05, 3.63) is 95.3 Å². The van der Waals surface area contributed by atoms with E-state index in [0.717, 1.165) is 25.2 Å². The highest BCUT2D eigenvalue weighted by atomic mass is 32.2. The van der Waals surface area contributed by atoms with E-state index in [1.165, 1.54) is 0 Å². The number of carbonyl (C=O) groups is 3. The summed E-state index contributed by atoms with van der Waals surface area (Å²) in [4.78, 5) is 38.6. The van der Waals surface area contributed by atoms with E-state index in [1.54, 1.807) is 30.3 Å². The van der Waals surface area contributed by atoms with Crippen molar-refractivity contribution < 1.29 is 45.5 Å². The van der Waals surface area contributed by atoms with E-state index in [1.807, 2.05) is 0 Å². The average molecular weight is 542 g/mol. The second kappa shape index (κ2) is 11.4. The molecular weight excluding hydrogens is 526 g/mol. The summed E-state index contributed by atoms with van der Waals surface area (Å²) < 4.78 is 85.9. The molecule has 0 aromatic heterocycles.